The van der Waals surface area contributed by atoms with Crippen molar-refractivity contribution in [2.75, 3.05) is 10.5 Å². The number of sulfonamides is 1. The Kier molecular flexibility index (Phi) is 4.27. The second-order valence-corrected chi connectivity index (χ2v) is 6.80. The predicted molar refractivity (Wildman–Crippen MR) is 83.2 cm³/mol. The first kappa shape index (κ1) is 15.8. The molecule has 0 saturated carbocycles. The van der Waals surface area contributed by atoms with E-state index in [-0.39, 0.29) is 20.9 Å². The van der Waals surface area contributed by atoms with Gasteiger partial charge in [0.25, 0.3) is 10.0 Å². The number of rotatable bonds is 3. The van der Waals surface area contributed by atoms with E-state index in [0.717, 1.165) is 11.9 Å². The van der Waals surface area contributed by atoms with Gasteiger partial charge in [-0.1, -0.05) is 23.2 Å². The lowest BCUT2D eigenvalue weighted by Crippen LogP contribution is -2.16. The molecule has 9 heteroatoms. The van der Waals surface area contributed by atoms with Gasteiger partial charge in [0.15, 0.2) is 11.0 Å². The van der Waals surface area contributed by atoms with E-state index in [9.17, 15) is 8.42 Å². The molecular formula is C12H12Cl2N4O2S. The number of anilines is 2. The number of nitrogens with zero attached hydrogens (tertiary/aromatic N) is 2. The third-order valence-electron chi connectivity index (χ3n) is 2.81. The van der Waals surface area contributed by atoms with Gasteiger partial charge in [0.05, 0.1) is 4.90 Å². The fraction of sp³-hybridized carbons (Fsp3) is 0.167. The van der Waals surface area contributed by atoms with Gasteiger partial charge in [0.2, 0.25) is 0 Å². The van der Waals surface area contributed by atoms with E-state index >= 15 is 0 Å². The molecule has 1 heterocycles. The van der Waals surface area contributed by atoms with Gasteiger partial charge in [-0.2, -0.15) is 0 Å². The number of halogens is 2. The maximum absolute atomic E-state index is 12.5. The minimum absolute atomic E-state index is 0.0372. The van der Waals surface area contributed by atoms with Gasteiger partial charge >= 0.3 is 0 Å². The van der Waals surface area contributed by atoms with Crippen LogP contribution in [0.2, 0.25) is 10.2 Å². The predicted octanol–water partition coefficient (Wildman–Crippen LogP) is 2.78. The van der Waals surface area contributed by atoms with Crippen molar-refractivity contribution in [1.29, 1.82) is 0 Å². The van der Waals surface area contributed by atoms with Gasteiger partial charge in [0, 0.05) is 5.69 Å². The summed E-state index contributed by atoms with van der Waals surface area (Å²) in [5.74, 6) is -0.0869. The lowest BCUT2D eigenvalue weighted by Gasteiger charge is -2.13. The highest BCUT2D eigenvalue weighted by atomic mass is 35.5. The summed E-state index contributed by atoms with van der Waals surface area (Å²) in [5.41, 5.74) is 7.37. The van der Waals surface area contributed by atoms with Crippen LogP contribution in [0.5, 0.6) is 0 Å². The Labute approximate surface area is 132 Å². The number of hydrogen-bond acceptors (Lipinski definition) is 5. The SMILES string of the molecule is Cc1cc(N)c(C)c(S(=O)(=O)Nc2ncnc(Cl)c2Cl)c1. The molecule has 1 aromatic heterocycles. The van der Waals surface area contributed by atoms with Gasteiger partial charge in [0.1, 0.15) is 11.3 Å². The van der Waals surface area contributed by atoms with E-state index in [1.165, 1.54) is 6.07 Å². The standard InChI is InChI=1S/C12H12Cl2N4O2S/c1-6-3-8(15)7(2)9(4-6)21(19,20)18-12-10(13)11(14)16-5-17-12/h3-5H,15H2,1-2H3,(H,16,17,18). The molecule has 0 aliphatic rings. The molecule has 0 bridgehead atoms. The summed E-state index contributed by atoms with van der Waals surface area (Å²) >= 11 is 11.6. The molecule has 6 nitrogen and oxygen atoms in total. The number of aromatic nitrogens is 2. The Hall–Kier alpha value is -1.57. The summed E-state index contributed by atoms with van der Waals surface area (Å²) in [6.45, 7) is 3.38. The first-order valence-electron chi connectivity index (χ1n) is 5.78. The van der Waals surface area contributed by atoms with E-state index in [2.05, 4.69) is 14.7 Å². The third-order valence-corrected chi connectivity index (χ3v) is 5.02. The van der Waals surface area contributed by atoms with E-state index < -0.39 is 10.0 Å². The van der Waals surface area contributed by atoms with Crippen LogP contribution in [0.4, 0.5) is 11.5 Å². The Balaban J connectivity index is 2.51. The molecule has 0 spiro atoms. The van der Waals surface area contributed by atoms with Crippen molar-refractivity contribution < 1.29 is 8.42 Å². The third kappa shape index (κ3) is 3.20. The van der Waals surface area contributed by atoms with Crippen LogP contribution in [0.3, 0.4) is 0 Å². The quantitative estimate of drug-likeness (QED) is 0.657. The molecule has 0 atom stereocenters. The molecule has 0 amide bonds. The molecule has 0 radical (unpaired) electrons. The van der Waals surface area contributed by atoms with Gasteiger partial charge in [-0.25, -0.2) is 18.4 Å². The molecule has 0 saturated heterocycles. The molecule has 21 heavy (non-hydrogen) atoms. The molecule has 0 unspecified atom stereocenters. The molecule has 112 valence electrons. The zero-order valence-electron chi connectivity index (χ0n) is 11.2. The molecule has 3 N–H and O–H groups in total. The number of hydrogen-bond donors (Lipinski definition) is 2. The summed E-state index contributed by atoms with van der Waals surface area (Å²) in [6, 6.07) is 3.22. The first-order chi connectivity index (χ1) is 9.72. The Morgan fingerprint density at radius 1 is 1.19 bits per heavy atom. The summed E-state index contributed by atoms with van der Waals surface area (Å²) in [4.78, 5) is 7.49. The normalized spacial score (nSPS) is 11.4. The van der Waals surface area contributed by atoms with Gasteiger partial charge in [-0.3, -0.25) is 4.72 Å². The molecule has 0 aliphatic carbocycles. The van der Waals surface area contributed by atoms with Gasteiger partial charge < -0.3 is 5.73 Å². The topological polar surface area (TPSA) is 98.0 Å². The average Bonchev–Trinajstić information content (AvgIpc) is 2.39. The second kappa shape index (κ2) is 5.67. The monoisotopic (exact) mass is 346 g/mol. The molecular weight excluding hydrogens is 335 g/mol. The van der Waals surface area contributed by atoms with Crippen molar-refractivity contribution in [1.82, 2.24) is 9.97 Å². The van der Waals surface area contributed by atoms with Gasteiger partial charge in [-0.15, -0.1) is 0 Å². The van der Waals surface area contributed by atoms with E-state index in [4.69, 9.17) is 28.9 Å². The van der Waals surface area contributed by atoms with Crippen molar-refractivity contribution in [3.8, 4) is 0 Å². The summed E-state index contributed by atoms with van der Waals surface area (Å²) in [7, 11) is -3.89. The van der Waals surface area contributed by atoms with Crippen LogP contribution in [0.15, 0.2) is 23.4 Å². The molecule has 0 fully saturated rings. The van der Waals surface area contributed by atoms with Crippen molar-refractivity contribution in [2.45, 2.75) is 18.7 Å². The van der Waals surface area contributed by atoms with E-state index in [1.807, 2.05) is 0 Å². The van der Waals surface area contributed by atoms with Crippen molar-refractivity contribution in [2.24, 2.45) is 0 Å². The van der Waals surface area contributed by atoms with Crippen molar-refractivity contribution in [3.05, 3.63) is 39.8 Å². The van der Waals surface area contributed by atoms with Crippen LogP contribution < -0.4 is 10.5 Å². The van der Waals surface area contributed by atoms with Crippen molar-refractivity contribution >= 4 is 44.7 Å². The minimum atomic E-state index is -3.89. The van der Waals surface area contributed by atoms with Crippen LogP contribution in [0, 0.1) is 13.8 Å². The Bertz CT molecular complexity index is 809. The number of nitrogens with two attached hydrogens (primary N) is 1. The number of benzene rings is 1. The number of nitrogens with one attached hydrogen (secondary N) is 1. The summed E-state index contributed by atoms with van der Waals surface area (Å²) in [5, 5.41) is -0.106. The zero-order chi connectivity index (χ0) is 15.8. The fourth-order valence-corrected chi connectivity index (χ4v) is 3.45. The van der Waals surface area contributed by atoms with Crippen LogP contribution in [-0.2, 0) is 10.0 Å². The molecule has 1 aromatic carbocycles. The lowest BCUT2D eigenvalue weighted by atomic mass is 10.1. The Morgan fingerprint density at radius 3 is 2.52 bits per heavy atom. The maximum Gasteiger partial charge on any atom is 0.263 e. The van der Waals surface area contributed by atoms with Crippen LogP contribution in [0.25, 0.3) is 0 Å². The maximum atomic E-state index is 12.5. The number of aryl methyl sites for hydroxylation is 1. The summed E-state index contributed by atoms with van der Waals surface area (Å²) in [6.07, 6.45) is 1.11. The second-order valence-electron chi connectivity index (χ2n) is 4.41. The minimum Gasteiger partial charge on any atom is -0.398 e. The van der Waals surface area contributed by atoms with Crippen LogP contribution in [0.1, 0.15) is 11.1 Å². The Morgan fingerprint density at radius 2 is 1.86 bits per heavy atom. The highest BCUT2D eigenvalue weighted by Crippen LogP contribution is 2.29. The van der Waals surface area contributed by atoms with E-state index in [1.54, 1.807) is 19.9 Å². The highest BCUT2D eigenvalue weighted by Gasteiger charge is 2.21. The number of nitrogen functional groups attached to an aromatic ring is 1. The average molecular weight is 347 g/mol. The van der Waals surface area contributed by atoms with E-state index in [0.29, 0.717) is 11.3 Å². The summed E-state index contributed by atoms with van der Waals surface area (Å²) < 4.78 is 27.2. The van der Waals surface area contributed by atoms with Crippen LogP contribution >= 0.6 is 23.2 Å². The highest BCUT2D eigenvalue weighted by molar-refractivity contribution is 7.92. The van der Waals surface area contributed by atoms with Gasteiger partial charge in [-0.05, 0) is 37.1 Å². The fourth-order valence-electron chi connectivity index (χ4n) is 1.73. The first-order valence-corrected chi connectivity index (χ1v) is 8.02. The molecule has 0 aliphatic heterocycles. The van der Waals surface area contributed by atoms with Crippen LogP contribution in [-0.4, -0.2) is 18.4 Å². The molecule has 2 aromatic rings. The smallest absolute Gasteiger partial charge is 0.263 e. The van der Waals surface area contributed by atoms with Crippen molar-refractivity contribution in [3.63, 3.8) is 0 Å². The lowest BCUT2D eigenvalue weighted by molar-refractivity contribution is 0.600. The molecule has 2 rings (SSSR count). The zero-order valence-corrected chi connectivity index (χ0v) is 13.5. The largest absolute Gasteiger partial charge is 0.398 e.